The van der Waals surface area contributed by atoms with Crippen molar-refractivity contribution in [1.82, 2.24) is 0 Å². The maximum atomic E-state index is 12.1. The van der Waals surface area contributed by atoms with E-state index in [1.165, 1.54) is 6.08 Å². The van der Waals surface area contributed by atoms with Gasteiger partial charge in [0.05, 0.1) is 14.2 Å². The number of para-hydroxylation sites is 1. The highest BCUT2D eigenvalue weighted by Crippen LogP contribution is 2.25. The number of carbonyl (C=O) groups excluding carboxylic acids is 1. The number of anilines is 1. The average Bonchev–Trinajstić information content (AvgIpc) is 2.60. The largest absolute Gasteiger partial charge is 0.497 e. The highest BCUT2D eigenvalue weighted by atomic mass is 16.5. The summed E-state index contributed by atoms with van der Waals surface area (Å²) in [6.45, 7) is 2.06. The summed E-state index contributed by atoms with van der Waals surface area (Å²) in [4.78, 5) is 12.1. The Morgan fingerprint density at radius 1 is 1.13 bits per heavy atom. The summed E-state index contributed by atoms with van der Waals surface area (Å²) in [5.74, 6) is 1.21. The van der Waals surface area contributed by atoms with Crippen LogP contribution in [0, 0.1) is 0 Å². The smallest absolute Gasteiger partial charge is 0.248 e. The Bertz CT molecular complexity index is 708. The molecule has 0 aliphatic rings. The molecule has 0 aromatic heterocycles. The number of nitrogens with one attached hydrogen (secondary N) is 1. The molecule has 0 radical (unpaired) electrons. The van der Waals surface area contributed by atoms with Crippen molar-refractivity contribution in [3.05, 3.63) is 59.7 Å². The number of rotatable bonds is 6. The Morgan fingerprint density at radius 3 is 2.61 bits per heavy atom. The Balaban J connectivity index is 2.15. The van der Waals surface area contributed by atoms with E-state index in [1.807, 2.05) is 42.5 Å². The molecule has 2 aromatic rings. The van der Waals surface area contributed by atoms with E-state index in [9.17, 15) is 4.79 Å². The standard InChI is InChI=1S/C19H21NO3/c1-4-14-7-5-6-8-17(14)20-19(21)12-9-15-13-16(22-2)10-11-18(15)23-3/h5-13H,4H2,1-3H3,(H,20,21). The predicted molar refractivity (Wildman–Crippen MR) is 93.0 cm³/mol. The van der Waals surface area contributed by atoms with Gasteiger partial charge in [0.25, 0.3) is 0 Å². The molecule has 0 heterocycles. The van der Waals surface area contributed by atoms with E-state index in [-0.39, 0.29) is 5.91 Å². The second-order valence-corrected chi connectivity index (χ2v) is 4.94. The quantitative estimate of drug-likeness (QED) is 0.823. The Hall–Kier alpha value is -2.75. The summed E-state index contributed by atoms with van der Waals surface area (Å²) in [7, 11) is 3.19. The van der Waals surface area contributed by atoms with Crippen LogP contribution < -0.4 is 14.8 Å². The number of ether oxygens (including phenoxy) is 2. The van der Waals surface area contributed by atoms with E-state index in [0.717, 1.165) is 23.2 Å². The van der Waals surface area contributed by atoms with Crippen LogP contribution in [0.2, 0.25) is 0 Å². The third kappa shape index (κ3) is 4.36. The van der Waals surface area contributed by atoms with Crippen LogP contribution in [0.3, 0.4) is 0 Å². The van der Waals surface area contributed by atoms with Gasteiger partial charge in [-0.25, -0.2) is 0 Å². The molecule has 4 nitrogen and oxygen atoms in total. The van der Waals surface area contributed by atoms with Crippen molar-refractivity contribution in [1.29, 1.82) is 0 Å². The van der Waals surface area contributed by atoms with Gasteiger partial charge in [-0.2, -0.15) is 0 Å². The second-order valence-electron chi connectivity index (χ2n) is 4.94. The van der Waals surface area contributed by atoms with Crippen LogP contribution >= 0.6 is 0 Å². The second kappa shape index (κ2) is 8.03. The van der Waals surface area contributed by atoms with Crippen LogP contribution in [0.1, 0.15) is 18.1 Å². The van der Waals surface area contributed by atoms with E-state index in [2.05, 4.69) is 12.2 Å². The van der Waals surface area contributed by atoms with Crippen LogP contribution in [0.5, 0.6) is 11.5 Å². The first-order valence-electron chi connectivity index (χ1n) is 7.47. The molecule has 0 saturated carbocycles. The zero-order valence-electron chi connectivity index (χ0n) is 13.6. The molecular weight excluding hydrogens is 290 g/mol. The van der Waals surface area contributed by atoms with Gasteiger partial charge in [0, 0.05) is 17.3 Å². The maximum Gasteiger partial charge on any atom is 0.248 e. The first kappa shape index (κ1) is 16.6. The number of amides is 1. The third-order valence-corrected chi connectivity index (χ3v) is 3.51. The molecule has 120 valence electrons. The van der Waals surface area contributed by atoms with Gasteiger partial charge in [-0.1, -0.05) is 25.1 Å². The fourth-order valence-corrected chi connectivity index (χ4v) is 2.26. The molecule has 0 atom stereocenters. The number of methoxy groups -OCH3 is 2. The van der Waals surface area contributed by atoms with E-state index >= 15 is 0 Å². The fraction of sp³-hybridized carbons (Fsp3) is 0.211. The summed E-state index contributed by atoms with van der Waals surface area (Å²) < 4.78 is 10.5. The topological polar surface area (TPSA) is 47.6 Å². The van der Waals surface area contributed by atoms with Crippen LogP contribution in [0.15, 0.2) is 48.5 Å². The Labute approximate surface area is 136 Å². The minimum atomic E-state index is -0.184. The van der Waals surface area contributed by atoms with Gasteiger partial charge in [0.1, 0.15) is 11.5 Å². The number of aryl methyl sites for hydroxylation is 1. The monoisotopic (exact) mass is 311 g/mol. The van der Waals surface area contributed by atoms with Gasteiger partial charge in [-0.3, -0.25) is 4.79 Å². The molecule has 1 amide bonds. The van der Waals surface area contributed by atoms with Crippen molar-refractivity contribution in [3.8, 4) is 11.5 Å². The number of hydrogen-bond donors (Lipinski definition) is 1. The minimum absolute atomic E-state index is 0.184. The summed E-state index contributed by atoms with van der Waals surface area (Å²) in [5, 5.41) is 2.90. The zero-order valence-corrected chi connectivity index (χ0v) is 13.6. The number of carbonyl (C=O) groups is 1. The fourth-order valence-electron chi connectivity index (χ4n) is 2.26. The van der Waals surface area contributed by atoms with Crippen LogP contribution in [-0.4, -0.2) is 20.1 Å². The van der Waals surface area contributed by atoms with E-state index in [4.69, 9.17) is 9.47 Å². The minimum Gasteiger partial charge on any atom is -0.497 e. The van der Waals surface area contributed by atoms with Gasteiger partial charge in [0.2, 0.25) is 5.91 Å². The van der Waals surface area contributed by atoms with Crippen molar-refractivity contribution in [2.24, 2.45) is 0 Å². The molecule has 23 heavy (non-hydrogen) atoms. The maximum absolute atomic E-state index is 12.1. The molecule has 0 saturated heterocycles. The van der Waals surface area contributed by atoms with Gasteiger partial charge < -0.3 is 14.8 Å². The molecule has 0 aliphatic heterocycles. The first-order valence-corrected chi connectivity index (χ1v) is 7.47. The highest BCUT2D eigenvalue weighted by Gasteiger charge is 2.05. The van der Waals surface area contributed by atoms with Crippen molar-refractivity contribution in [2.75, 3.05) is 19.5 Å². The van der Waals surface area contributed by atoms with Crippen molar-refractivity contribution in [3.63, 3.8) is 0 Å². The van der Waals surface area contributed by atoms with E-state index in [1.54, 1.807) is 20.3 Å². The molecule has 1 N–H and O–H groups in total. The Kier molecular flexibility index (Phi) is 5.80. The normalized spacial score (nSPS) is 10.6. The lowest BCUT2D eigenvalue weighted by Gasteiger charge is -2.08. The average molecular weight is 311 g/mol. The molecule has 2 aromatic carbocycles. The van der Waals surface area contributed by atoms with Gasteiger partial charge in [-0.05, 0) is 42.3 Å². The van der Waals surface area contributed by atoms with Crippen LogP contribution in [-0.2, 0) is 11.2 Å². The lowest BCUT2D eigenvalue weighted by molar-refractivity contribution is -0.111. The van der Waals surface area contributed by atoms with Gasteiger partial charge in [0.15, 0.2) is 0 Å². The SMILES string of the molecule is CCc1ccccc1NC(=O)C=Cc1cc(OC)ccc1OC. The molecule has 4 heteroatoms. The molecule has 0 unspecified atom stereocenters. The summed E-state index contributed by atoms with van der Waals surface area (Å²) in [6.07, 6.45) is 4.07. The van der Waals surface area contributed by atoms with Crippen molar-refractivity contribution < 1.29 is 14.3 Å². The summed E-state index contributed by atoms with van der Waals surface area (Å²) >= 11 is 0. The molecule has 0 bridgehead atoms. The molecule has 0 fully saturated rings. The molecule has 2 rings (SSSR count). The van der Waals surface area contributed by atoms with Crippen LogP contribution in [0.25, 0.3) is 6.08 Å². The Morgan fingerprint density at radius 2 is 1.91 bits per heavy atom. The first-order chi connectivity index (χ1) is 11.2. The van der Waals surface area contributed by atoms with Crippen molar-refractivity contribution >= 4 is 17.7 Å². The highest BCUT2D eigenvalue weighted by molar-refractivity contribution is 6.02. The third-order valence-electron chi connectivity index (χ3n) is 3.51. The number of benzene rings is 2. The predicted octanol–water partition coefficient (Wildman–Crippen LogP) is 3.92. The van der Waals surface area contributed by atoms with Crippen LogP contribution in [0.4, 0.5) is 5.69 Å². The summed E-state index contributed by atoms with van der Waals surface area (Å²) in [6, 6.07) is 13.2. The lowest BCUT2D eigenvalue weighted by atomic mass is 10.1. The zero-order chi connectivity index (χ0) is 16.7. The van der Waals surface area contributed by atoms with E-state index < -0.39 is 0 Å². The molecule has 0 aliphatic carbocycles. The van der Waals surface area contributed by atoms with Crippen molar-refractivity contribution in [2.45, 2.75) is 13.3 Å². The number of hydrogen-bond acceptors (Lipinski definition) is 3. The molecule has 0 spiro atoms. The van der Waals surface area contributed by atoms with E-state index in [0.29, 0.717) is 11.5 Å². The molecular formula is C19H21NO3. The lowest BCUT2D eigenvalue weighted by Crippen LogP contribution is -2.09. The summed E-state index contributed by atoms with van der Waals surface area (Å²) in [5.41, 5.74) is 2.72. The van der Waals surface area contributed by atoms with Gasteiger partial charge in [-0.15, -0.1) is 0 Å². The van der Waals surface area contributed by atoms with Gasteiger partial charge >= 0.3 is 0 Å².